The number of aliphatic hydroxyl groups excluding tert-OH is 1. The molecule has 1 fully saturated rings. The minimum atomic E-state index is -0.664. The summed E-state index contributed by atoms with van der Waals surface area (Å²) >= 11 is 0. The Balaban J connectivity index is 2.00. The number of hydrogen-bond donors (Lipinski definition) is 1. The molecule has 0 radical (unpaired) electrons. The summed E-state index contributed by atoms with van der Waals surface area (Å²) in [5.41, 5.74) is 0.183. The molecule has 1 aromatic heterocycles. The lowest BCUT2D eigenvalue weighted by molar-refractivity contribution is 0.194. The maximum absolute atomic E-state index is 14.0. The zero-order chi connectivity index (χ0) is 15.7. The SMILES string of the molecule is COc1ccnc(N2C[C@H](O)C[C@@H]2c2cc(F)ccc2F)n1. The molecule has 22 heavy (non-hydrogen) atoms. The Hall–Kier alpha value is -2.28. The van der Waals surface area contributed by atoms with Gasteiger partial charge < -0.3 is 14.7 Å². The summed E-state index contributed by atoms with van der Waals surface area (Å²) in [6.45, 7) is 0.244. The van der Waals surface area contributed by atoms with Gasteiger partial charge in [0.05, 0.1) is 19.3 Å². The third-order valence-corrected chi connectivity index (χ3v) is 3.68. The van der Waals surface area contributed by atoms with Gasteiger partial charge in [0.15, 0.2) is 0 Å². The van der Waals surface area contributed by atoms with E-state index in [0.717, 1.165) is 18.2 Å². The first-order valence-electron chi connectivity index (χ1n) is 6.85. The average Bonchev–Trinajstić information content (AvgIpc) is 2.91. The van der Waals surface area contributed by atoms with Crippen molar-refractivity contribution in [1.82, 2.24) is 9.97 Å². The summed E-state index contributed by atoms with van der Waals surface area (Å²) in [5.74, 6) is -0.368. The number of aromatic nitrogens is 2. The number of nitrogens with zero attached hydrogens (tertiary/aromatic N) is 3. The largest absolute Gasteiger partial charge is 0.481 e. The topological polar surface area (TPSA) is 58.5 Å². The minimum absolute atomic E-state index is 0.183. The Kier molecular flexibility index (Phi) is 3.89. The van der Waals surface area contributed by atoms with Crippen LogP contribution in [0.1, 0.15) is 18.0 Å². The van der Waals surface area contributed by atoms with Crippen LogP contribution < -0.4 is 9.64 Å². The molecule has 1 saturated heterocycles. The van der Waals surface area contributed by atoms with E-state index in [1.165, 1.54) is 13.3 Å². The molecule has 1 aliphatic rings. The van der Waals surface area contributed by atoms with E-state index in [0.29, 0.717) is 11.8 Å². The Labute approximate surface area is 126 Å². The first-order chi connectivity index (χ1) is 10.6. The number of anilines is 1. The monoisotopic (exact) mass is 307 g/mol. The Morgan fingerprint density at radius 3 is 2.91 bits per heavy atom. The van der Waals surface area contributed by atoms with Gasteiger partial charge in [-0.2, -0.15) is 4.98 Å². The Bertz CT molecular complexity index is 684. The van der Waals surface area contributed by atoms with Crippen molar-refractivity contribution in [2.24, 2.45) is 0 Å². The minimum Gasteiger partial charge on any atom is -0.481 e. The van der Waals surface area contributed by atoms with Crippen LogP contribution in [0.5, 0.6) is 5.88 Å². The van der Waals surface area contributed by atoms with Gasteiger partial charge in [0.2, 0.25) is 11.8 Å². The molecule has 1 aliphatic heterocycles. The predicted octanol–water partition coefficient (Wildman–Crippen LogP) is 2.08. The van der Waals surface area contributed by atoms with Gasteiger partial charge in [-0.15, -0.1) is 0 Å². The van der Waals surface area contributed by atoms with Crippen LogP contribution in [0.2, 0.25) is 0 Å². The molecule has 0 bridgehead atoms. The van der Waals surface area contributed by atoms with Crippen molar-refractivity contribution in [3.05, 3.63) is 47.7 Å². The first kappa shape index (κ1) is 14.6. The number of hydrogen-bond acceptors (Lipinski definition) is 5. The van der Waals surface area contributed by atoms with Crippen molar-refractivity contribution < 1.29 is 18.6 Å². The quantitative estimate of drug-likeness (QED) is 0.941. The second-order valence-corrected chi connectivity index (χ2v) is 5.12. The van der Waals surface area contributed by atoms with Crippen molar-refractivity contribution in [1.29, 1.82) is 0 Å². The van der Waals surface area contributed by atoms with E-state index in [1.807, 2.05) is 0 Å². The van der Waals surface area contributed by atoms with Crippen molar-refractivity contribution in [2.45, 2.75) is 18.6 Å². The van der Waals surface area contributed by atoms with E-state index >= 15 is 0 Å². The first-order valence-corrected chi connectivity index (χ1v) is 6.85. The third-order valence-electron chi connectivity index (χ3n) is 3.68. The molecule has 1 aromatic carbocycles. The third kappa shape index (κ3) is 2.71. The van der Waals surface area contributed by atoms with E-state index in [2.05, 4.69) is 9.97 Å². The summed E-state index contributed by atoms with van der Waals surface area (Å²) in [5, 5.41) is 9.93. The lowest BCUT2D eigenvalue weighted by Gasteiger charge is -2.25. The highest BCUT2D eigenvalue weighted by Crippen LogP contribution is 2.36. The summed E-state index contributed by atoms with van der Waals surface area (Å²) < 4.78 is 32.5. The van der Waals surface area contributed by atoms with Crippen LogP contribution in [0.15, 0.2) is 30.5 Å². The molecule has 0 spiro atoms. The van der Waals surface area contributed by atoms with Gasteiger partial charge in [0.1, 0.15) is 11.6 Å². The van der Waals surface area contributed by atoms with Crippen LogP contribution in [0.25, 0.3) is 0 Å². The summed E-state index contributed by atoms with van der Waals surface area (Å²) in [4.78, 5) is 10.00. The van der Waals surface area contributed by atoms with E-state index in [4.69, 9.17) is 4.74 Å². The van der Waals surface area contributed by atoms with Gasteiger partial charge in [0.25, 0.3) is 0 Å². The molecule has 2 aromatic rings. The Morgan fingerprint density at radius 1 is 1.32 bits per heavy atom. The number of rotatable bonds is 3. The van der Waals surface area contributed by atoms with Gasteiger partial charge in [-0.3, -0.25) is 0 Å². The van der Waals surface area contributed by atoms with E-state index in [1.54, 1.807) is 11.0 Å². The van der Waals surface area contributed by atoms with Gasteiger partial charge >= 0.3 is 0 Å². The molecule has 116 valence electrons. The molecule has 0 amide bonds. The highest BCUT2D eigenvalue weighted by atomic mass is 19.1. The summed E-state index contributed by atoms with van der Waals surface area (Å²) in [6.07, 6.45) is 1.13. The van der Waals surface area contributed by atoms with E-state index in [-0.39, 0.29) is 18.5 Å². The molecule has 2 atom stereocenters. The van der Waals surface area contributed by atoms with Crippen molar-refractivity contribution in [3.8, 4) is 5.88 Å². The highest BCUT2D eigenvalue weighted by molar-refractivity contribution is 5.41. The number of β-amino-alcohol motifs (C(OH)–C–C–N with tert-alkyl or cyclic N) is 1. The van der Waals surface area contributed by atoms with Gasteiger partial charge in [-0.05, 0) is 24.6 Å². The smallest absolute Gasteiger partial charge is 0.229 e. The summed E-state index contributed by atoms with van der Waals surface area (Å²) in [6, 6.07) is 4.35. The molecule has 0 saturated carbocycles. The van der Waals surface area contributed by atoms with Crippen molar-refractivity contribution in [2.75, 3.05) is 18.6 Å². The molecular weight excluding hydrogens is 292 g/mol. The van der Waals surface area contributed by atoms with Crippen LogP contribution in [0.4, 0.5) is 14.7 Å². The number of halogens is 2. The average molecular weight is 307 g/mol. The fraction of sp³-hybridized carbons (Fsp3) is 0.333. The molecule has 0 unspecified atom stereocenters. The highest BCUT2D eigenvalue weighted by Gasteiger charge is 2.35. The molecule has 0 aliphatic carbocycles. The summed E-state index contributed by atoms with van der Waals surface area (Å²) in [7, 11) is 1.48. The van der Waals surface area contributed by atoms with Crippen LogP contribution >= 0.6 is 0 Å². The standard InChI is InChI=1S/C15H15F2N3O2/c1-22-14-4-5-18-15(19-14)20-8-10(21)7-13(20)11-6-9(16)2-3-12(11)17/h2-6,10,13,21H,7-8H2,1H3/t10-,13-/m1/s1. The maximum Gasteiger partial charge on any atom is 0.229 e. The second kappa shape index (κ2) is 5.84. The lowest BCUT2D eigenvalue weighted by atomic mass is 10.0. The zero-order valence-electron chi connectivity index (χ0n) is 11.9. The van der Waals surface area contributed by atoms with Gasteiger partial charge in [-0.25, -0.2) is 13.8 Å². The molecular formula is C15H15F2N3O2. The second-order valence-electron chi connectivity index (χ2n) is 5.12. The van der Waals surface area contributed by atoms with Crippen LogP contribution in [0.3, 0.4) is 0 Å². The lowest BCUT2D eigenvalue weighted by Crippen LogP contribution is -2.26. The maximum atomic E-state index is 14.0. The molecule has 2 heterocycles. The number of ether oxygens (including phenoxy) is 1. The van der Waals surface area contributed by atoms with Crippen molar-refractivity contribution >= 4 is 5.95 Å². The van der Waals surface area contributed by atoms with E-state index < -0.39 is 23.8 Å². The Morgan fingerprint density at radius 2 is 2.14 bits per heavy atom. The van der Waals surface area contributed by atoms with Crippen LogP contribution in [0, 0.1) is 11.6 Å². The molecule has 3 rings (SSSR count). The fourth-order valence-corrected chi connectivity index (χ4v) is 2.68. The zero-order valence-corrected chi connectivity index (χ0v) is 11.9. The van der Waals surface area contributed by atoms with E-state index in [9.17, 15) is 13.9 Å². The molecule has 5 nitrogen and oxygen atoms in total. The molecule has 1 N–H and O–H groups in total. The molecule has 7 heteroatoms. The van der Waals surface area contributed by atoms with Gasteiger partial charge in [-0.1, -0.05) is 0 Å². The van der Waals surface area contributed by atoms with Crippen LogP contribution in [-0.4, -0.2) is 34.8 Å². The van der Waals surface area contributed by atoms with Gasteiger partial charge in [0, 0.05) is 24.4 Å². The van der Waals surface area contributed by atoms with Crippen LogP contribution in [-0.2, 0) is 0 Å². The number of aliphatic hydroxyl groups is 1. The predicted molar refractivity (Wildman–Crippen MR) is 75.7 cm³/mol. The normalized spacial score (nSPS) is 21.2. The van der Waals surface area contributed by atoms with Crippen molar-refractivity contribution in [3.63, 3.8) is 0 Å². The number of benzene rings is 1. The number of methoxy groups -OCH3 is 1. The fourth-order valence-electron chi connectivity index (χ4n) is 2.68.